The molecule has 0 saturated heterocycles. The average molecular weight is 362 g/mol. The van der Waals surface area contributed by atoms with Crippen LogP contribution in [0.5, 0.6) is 5.75 Å². The van der Waals surface area contributed by atoms with Crippen molar-refractivity contribution in [2.24, 2.45) is 0 Å². The number of nitrogens with zero attached hydrogens (tertiary/aromatic N) is 1. The van der Waals surface area contributed by atoms with Crippen LogP contribution in [-0.2, 0) is 11.2 Å². The predicted octanol–water partition coefficient (Wildman–Crippen LogP) is 4.67. The van der Waals surface area contributed by atoms with Gasteiger partial charge in [0.1, 0.15) is 11.3 Å². The highest BCUT2D eigenvalue weighted by Gasteiger charge is 2.14. The van der Waals surface area contributed by atoms with Crippen LogP contribution in [0.2, 0.25) is 0 Å². The Kier molecular flexibility index (Phi) is 4.61. The van der Waals surface area contributed by atoms with Crippen molar-refractivity contribution < 1.29 is 18.5 Å². The summed E-state index contributed by atoms with van der Waals surface area (Å²) >= 11 is 0. The van der Waals surface area contributed by atoms with Gasteiger partial charge in [-0.05, 0) is 43.3 Å². The van der Waals surface area contributed by atoms with E-state index in [0.29, 0.717) is 29.5 Å². The largest absolute Gasteiger partial charge is 0.494 e. The molecule has 1 amide bonds. The first kappa shape index (κ1) is 16.9. The van der Waals surface area contributed by atoms with E-state index >= 15 is 0 Å². The fourth-order valence-corrected chi connectivity index (χ4v) is 2.79. The van der Waals surface area contributed by atoms with Gasteiger partial charge < -0.3 is 19.0 Å². The number of ether oxygens (including phenoxy) is 1. The lowest BCUT2D eigenvalue weighted by atomic mass is 10.2. The van der Waals surface area contributed by atoms with E-state index in [9.17, 15) is 4.79 Å². The number of benzene rings is 2. The lowest BCUT2D eigenvalue weighted by Crippen LogP contribution is -2.14. The van der Waals surface area contributed by atoms with E-state index in [1.54, 1.807) is 18.2 Å². The molecule has 4 rings (SSSR count). The number of hydrogen-bond donors (Lipinski definition) is 1. The van der Waals surface area contributed by atoms with Gasteiger partial charge in [-0.1, -0.05) is 23.4 Å². The van der Waals surface area contributed by atoms with Gasteiger partial charge in [-0.2, -0.15) is 0 Å². The number of nitrogens with one attached hydrogen (secondary N) is 1. The lowest BCUT2D eigenvalue weighted by Gasteiger charge is -2.06. The van der Waals surface area contributed by atoms with Crippen molar-refractivity contribution in [3.05, 3.63) is 66.4 Å². The Bertz CT molecular complexity index is 1030. The van der Waals surface area contributed by atoms with Gasteiger partial charge in [0.2, 0.25) is 11.7 Å². The van der Waals surface area contributed by atoms with E-state index in [0.717, 1.165) is 16.7 Å². The smallest absolute Gasteiger partial charge is 0.230 e. The van der Waals surface area contributed by atoms with Crippen molar-refractivity contribution in [2.45, 2.75) is 13.3 Å². The molecule has 0 aliphatic rings. The van der Waals surface area contributed by atoms with Crippen LogP contribution in [0.4, 0.5) is 5.69 Å². The highest BCUT2D eigenvalue weighted by Crippen LogP contribution is 2.28. The molecule has 0 radical (unpaired) electrons. The van der Waals surface area contributed by atoms with Crippen LogP contribution in [0.25, 0.3) is 22.5 Å². The van der Waals surface area contributed by atoms with Crippen LogP contribution in [0.3, 0.4) is 0 Å². The van der Waals surface area contributed by atoms with E-state index in [-0.39, 0.29) is 12.3 Å². The Morgan fingerprint density at radius 1 is 1.07 bits per heavy atom. The number of hydrogen-bond acceptors (Lipinski definition) is 5. The maximum Gasteiger partial charge on any atom is 0.230 e. The molecule has 0 fully saturated rings. The Labute approximate surface area is 155 Å². The summed E-state index contributed by atoms with van der Waals surface area (Å²) in [6.07, 6.45) is 0.108. The fourth-order valence-electron chi connectivity index (χ4n) is 2.79. The zero-order chi connectivity index (χ0) is 18.6. The molecular formula is C21H18N2O4. The zero-order valence-electron chi connectivity index (χ0n) is 14.8. The first-order valence-corrected chi connectivity index (χ1v) is 8.68. The summed E-state index contributed by atoms with van der Waals surface area (Å²) in [5.41, 5.74) is 2.01. The number of fused-ring (bicyclic) bond motifs is 1. The molecule has 6 heteroatoms. The molecule has 0 aliphatic heterocycles. The summed E-state index contributed by atoms with van der Waals surface area (Å²) in [7, 11) is 0. The van der Waals surface area contributed by atoms with Crippen LogP contribution in [0, 0.1) is 0 Å². The van der Waals surface area contributed by atoms with Gasteiger partial charge in [0.15, 0.2) is 5.76 Å². The van der Waals surface area contributed by atoms with Gasteiger partial charge in [-0.25, -0.2) is 0 Å². The zero-order valence-corrected chi connectivity index (χ0v) is 14.8. The molecule has 6 nitrogen and oxygen atoms in total. The number of carbonyl (C=O) groups is 1. The number of anilines is 1. The van der Waals surface area contributed by atoms with Gasteiger partial charge in [0, 0.05) is 17.1 Å². The van der Waals surface area contributed by atoms with E-state index in [1.165, 1.54) is 0 Å². The van der Waals surface area contributed by atoms with Gasteiger partial charge in [-0.3, -0.25) is 4.79 Å². The van der Waals surface area contributed by atoms with E-state index in [4.69, 9.17) is 13.7 Å². The van der Waals surface area contributed by atoms with Crippen LogP contribution >= 0.6 is 0 Å². The molecule has 0 unspecified atom stereocenters. The van der Waals surface area contributed by atoms with Crippen molar-refractivity contribution >= 4 is 22.6 Å². The van der Waals surface area contributed by atoms with Gasteiger partial charge >= 0.3 is 0 Å². The van der Waals surface area contributed by atoms with Gasteiger partial charge in [0.05, 0.1) is 18.7 Å². The number of para-hydroxylation sites is 1. The van der Waals surface area contributed by atoms with Crippen LogP contribution in [0.15, 0.2) is 69.6 Å². The number of aromatic nitrogens is 1. The third-order valence-corrected chi connectivity index (χ3v) is 4.02. The van der Waals surface area contributed by atoms with E-state index in [1.807, 2.05) is 49.4 Å². The number of amides is 1. The molecule has 0 bridgehead atoms. The first-order valence-electron chi connectivity index (χ1n) is 8.68. The quantitative estimate of drug-likeness (QED) is 0.539. The maximum atomic E-state index is 12.2. The molecule has 2 heterocycles. The van der Waals surface area contributed by atoms with E-state index < -0.39 is 0 Å². The minimum absolute atomic E-state index is 0.108. The third-order valence-electron chi connectivity index (χ3n) is 4.02. The summed E-state index contributed by atoms with van der Waals surface area (Å²) in [6, 6.07) is 18.5. The summed E-state index contributed by atoms with van der Waals surface area (Å²) in [6.45, 7) is 2.53. The lowest BCUT2D eigenvalue weighted by molar-refractivity contribution is -0.115. The van der Waals surface area contributed by atoms with Crippen molar-refractivity contribution in [2.75, 3.05) is 11.9 Å². The Balaban J connectivity index is 1.41. The minimum atomic E-state index is -0.177. The highest BCUT2D eigenvalue weighted by atomic mass is 16.5. The molecule has 0 spiro atoms. The maximum absolute atomic E-state index is 12.2. The van der Waals surface area contributed by atoms with Crippen molar-refractivity contribution in [3.63, 3.8) is 0 Å². The molecule has 0 saturated carbocycles. The second-order valence-corrected chi connectivity index (χ2v) is 6.01. The van der Waals surface area contributed by atoms with Crippen molar-refractivity contribution in [1.29, 1.82) is 0 Å². The van der Waals surface area contributed by atoms with Gasteiger partial charge in [-0.15, -0.1) is 0 Å². The molecule has 1 N–H and O–H groups in total. The highest BCUT2D eigenvalue weighted by molar-refractivity contribution is 5.92. The van der Waals surface area contributed by atoms with Crippen LogP contribution in [0.1, 0.15) is 12.6 Å². The normalized spacial score (nSPS) is 10.9. The number of carbonyl (C=O) groups excluding carboxylic acids is 1. The second kappa shape index (κ2) is 7.37. The minimum Gasteiger partial charge on any atom is -0.494 e. The van der Waals surface area contributed by atoms with E-state index in [2.05, 4.69) is 10.5 Å². The van der Waals surface area contributed by atoms with Crippen LogP contribution < -0.4 is 10.1 Å². The SMILES string of the molecule is CCOc1ccc(NC(=O)Cc2cc(-c3cc4ccccc4o3)on2)cc1. The summed E-state index contributed by atoms with van der Waals surface area (Å²) in [4.78, 5) is 12.2. The second-order valence-electron chi connectivity index (χ2n) is 6.01. The van der Waals surface area contributed by atoms with Crippen molar-refractivity contribution in [3.8, 4) is 17.3 Å². The molecule has 0 atom stereocenters. The first-order chi connectivity index (χ1) is 13.2. The molecular weight excluding hydrogens is 344 g/mol. The standard InChI is InChI=1S/C21H18N2O4/c1-2-25-17-9-7-15(8-10-17)22-21(24)13-16-12-20(27-23-16)19-11-14-5-3-4-6-18(14)26-19/h3-12H,2,13H2,1H3,(H,22,24). The number of furan rings is 1. The molecule has 0 aliphatic carbocycles. The molecule has 2 aromatic carbocycles. The van der Waals surface area contributed by atoms with Crippen LogP contribution in [-0.4, -0.2) is 17.7 Å². The molecule has 136 valence electrons. The van der Waals surface area contributed by atoms with Gasteiger partial charge in [0.25, 0.3) is 0 Å². The average Bonchev–Trinajstić information content (AvgIpc) is 3.30. The number of rotatable bonds is 6. The summed E-state index contributed by atoms with van der Waals surface area (Å²) in [5.74, 6) is 1.67. The molecule has 4 aromatic rings. The molecule has 27 heavy (non-hydrogen) atoms. The Morgan fingerprint density at radius 3 is 2.67 bits per heavy atom. The fraction of sp³-hybridized carbons (Fsp3) is 0.143. The molecule has 2 aromatic heterocycles. The Morgan fingerprint density at radius 2 is 1.89 bits per heavy atom. The third kappa shape index (κ3) is 3.84. The van der Waals surface area contributed by atoms with Crippen molar-refractivity contribution in [1.82, 2.24) is 5.16 Å². The summed E-state index contributed by atoms with van der Waals surface area (Å²) < 4.78 is 16.5. The topological polar surface area (TPSA) is 77.5 Å². The predicted molar refractivity (Wildman–Crippen MR) is 102 cm³/mol. The Hall–Kier alpha value is -3.54. The summed E-state index contributed by atoms with van der Waals surface area (Å²) in [5, 5.41) is 7.78. The monoisotopic (exact) mass is 362 g/mol.